The molecular weight excluding hydrogens is 243 g/mol. The molecule has 0 heterocycles. The van der Waals surface area contributed by atoms with E-state index in [9.17, 15) is 0 Å². The summed E-state index contributed by atoms with van der Waals surface area (Å²) in [5.74, 6) is 0.791. The first-order valence-electron chi connectivity index (χ1n) is 7.23. The van der Waals surface area contributed by atoms with Crippen LogP contribution in [0.5, 0.6) is 0 Å². The normalized spacial score (nSPS) is 31.6. The van der Waals surface area contributed by atoms with Crippen LogP contribution in [-0.4, -0.2) is 5.25 Å². The van der Waals surface area contributed by atoms with Crippen LogP contribution in [0.4, 0.5) is 0 Å². The minimum atomic E-state index is 0.483. The fraction of sp³-hybridized carbons (Fsp3) is 0.867. The molecule has 2 rings (SSSR count). The molecule has 0 aliphatic heterocycles. The molecule has 0 radical (unpaired) electrons. The van der Waals surface area contributed by atoms with Crippen molar-refractivity contribution in [3.05, 3.63) is 11.4 Å². The Hall–Kier alpha value is 0.520. The zero-order valence-electron chi connectivity index (χ0n) is 11.6. The SMILES string of the molecule is CC(C)C1(C)C=C(PSC2CCCC2)CCC1. The Morgan fingerprint density at radius 2 is 2.00 bits per heavy atom. The van der Waals surface area contributed by atoms with E-state index in [-0.39, 0.29) is 0 Å². The van der Waals surface area contributed by atoms with Crippen LogP contribution in [-0.2, 0) is 0 Å². The van der Waals surface area contributed by atoms with E-state index in [1.807, 2.05) is 0 Å². The highest BCUT2D eigenvalue weighted by molar-refractivity contribution is 8.50. The molecule has 2 heteroatoms. The molecule has 1 fully saturated rings. The van der Waals surface area contributed by atoms with E-state index in [2.05, 4.69) is 38.2 Å². The minimum Gasteiger partial charge on any atom is -0.130 e. The van der Waals surface area contributed by atoms with Crippen molar-refractivity contribution in [1.29, 1.82) is 0 Å². The van der Waals surface area contributed by atoms with Crippen LogP contribution in [0.15, 0.2) is 11.4 Å². The van der Waals surface area contributed by atoms with E-state index < -0.39 is 0 Å². The van der Waals surface area contributed by atoms with Crippen LogP contribution in [0.3, 0.4) is 0 Å². The standard InChI is InChI=1S/C15H27PS/c1-12(2)15(3)10-6-7-13(11-15)16-17-14-8-4-5-9-14/h11-12,14,16H,4-10H2,1-3H3. The molecule has 0 saturated heterocycles. The Kier molecular flexibility index (Phi) is 5.01. The van der Waals surface area contributed by atoms with Gasteiger partial charge in [-0.3, -0.25) is 0 Å². The Balaban J connectivity index is 1.88. The monoisotopic (exact) mass is 270 g/mol. The predicted octanol–water partition coefficient (Wildman–Crippen LogP) is 5.99. The summed E-state index contributed by atoms with van der Waals surface area (Å²) in [5, 5.41) is 2.76. The maximum Gasteiger partial charge on any atom is 0.00892 e. The fourth-order valence-electron chi connectivity index (χ4n) is 2.90. The molecule has 2 atom stereocenters. The zero-order chi connectivity index (χ0) is 12.3. The molecule has 0 amide bonds. The molecule has 0 spiro atoms. The molecule has 98 valence electrons. The quantitative estimate of drug-likeness (QED) is 0.566. The lowest BCUT2D eigenvalue weighted by Gasteiger charge is -2.35. The number of rotatable bonds is 4. The highest BCUT2D eigenvalue weighted by atomic mass is 32.7. The van der Waals surface area contributed by atoms with Gasteiger partial charge in [0.25, 0.3) is 0 Å². The second-order valence-electron chi connectivity index (χ2n) is 6.31. The van der Waals surface area contributed by atoms with Crippen LogP contribution in [0, 0.1) is 11.3 Å². The first kappa shape index (κ1) is 13.9. The van der Waals surface area contributed by atoms with Crippen molar-refractivity contribution in [3.8, 4) is 0 Å². The van der Waals surface area contributed by atoms with E-state index in [0.717, 1.165) is 19.0 Å². The molecule has 0 aromatic heterocycles. The highest BCUT2D eigenvalue weighted by Crippen LogP contribution is 2.52. The van der Waals surface area contributed by atoms with Crippen molar-refractivity contribution in [1.82, 2.24) is 0 Å². The maximum absolute atomic E-state index is 2.64. The lowest BCUT2D eigenvalue weighted by atomic mass is 9.72. The molecule has 1 saturated carbocycles. The van der Waals surface area contributed by atoms with Gasteiger partial charge in [-0.1, -0.05) is 39.7 Å². The third-order valence-corrected chi connectivity index (χ3v) is 8.36. The molecule has 2 aliphatic carbocycles. The Labute approximate surface area is 113 Å². The van der Waals surface area contributed by atoms with Gasteiger partial charge in [-0.05, 0) is 56.5 Å². The molecule has 0 nitrogen and oxygen atoms in total. The summed E-state index contributed by atoms with van der Waals surface area (Å²) < 4.78 is 0. The zero-order valence-corrected chi connectivity index (χ0v) is 13.4. The van der Waals surface area contributed by atoms with Gasteiger partial charge in [0, 0.05) is 5.25 Å². The van der Waals surface area contributed by atoms with Crippen LogP contribution >= 0.6 is 19.2 Å². The van der Waals surface area contributed by atoms with Crippen LogP contribution in [0.25, 0.3) is 0 Å². The summed E-state index contributed by atoms with van der Waals surface area (Å²) in [7, 11) is 1.05. The molecule has 0 aromatic rings. The maximum atomic E-state index is 2.64. The van der Waals surface area contributed by atoms with Crippen molar-refractivity contribution in [2.24, 2.45) is 11.3 Å². The molecule has 17 heavy (non-hydrogen) atoms. The average molecular weight is 270 g/mol. The summed E-state index contributed by atoms with van der Waals surface area (Å²) >= 11 is 2.26. The van der Waals surface area contributed by atoms with Crippen molar-refractivity contribution >= 4 is 19.2 Å². The molecule has 2 unspecified atom stereocenters. The van der Waals surface area contributed by atoms with E-state index in [1.54, 1.807) is 5.31 Å². The van der Waals surface area contributed by atoms with Gasteiger partial charge in [0.15, 0.2) is 0 Å². The Morgan fingerprint density at radius 1 is 1.29 bits per heavy atom. The van der Waals surface area contributed by atoms with E-state index >= 15 is 0 Å². The third kappa shape index (κ3) is 3.74. The number of hydrogen-bond donors (Lipinski definition) is 0. The molecular formula is C15H27PS. The Morgan fingerprint density at radius 3 is 2.65 bits per heavy atom. The van der Waals surface area contributed by atoms with E-state index in [0.29, 0.717) is 5.41 Å². The fourth-order valence-corrected chi connectivity index (χ4v) is 6.60. The largest absolute Gasteiger partial charge is 0.130 e. The second kappa shape index (κ2) is 6.11. The number of hydrogen-bond acceptors (Lipinski definition) is 1. The van der Waals surface area contributed by atoms with Gasteiger partial charge in [0.05, 0.1) is 0 Å². The molecule has 0 aromatic carbocycles. The van der Waals surface area contributed by atoms with Crippen molar-refractivity contribution < 1.29 is 0 Å². The van der Waals surface area contributed by atoms with Crippen LogP contribution in [0.2, 0.25) is 0 Å². The van der Waals surface area contributed by atoms with Crippen LogP contribution < -0.4 is 0 Å². The lowest BCUT2D eigenvalue weighted by molar-refractivity contribution is 0.258. The van der Waals surface area contributed by atoms with Gasteiger partial charge in [-0.25, -0.2) is 0 Å². The van der Waals surface area contributed by atoms with Gasteiger partial charge in [-0.15, -0.1) is 11.4 Å². The van der Waals surface area contributed by atoms with Gasteiger partial charge in [0.1, 0.15) is 0 Å². The highest BCUT2D eigenvalue weighted by Gasteiger charge is 2.29. The first-order chi connectivity index (χ1) is 8.10. The summed E-state index contributed by atoms with van der Waals surface area (Å²) in [5.41, 5.74) is 0.483. The minimum absolute atomic E-state index is 0.483. The van der Waals surface area contributed by atoms with E-state index in [1.165, 1.54) is 44.9 Å². The topological polar surface area (TPSA) is 0 Å². The smallest absolute Gasteiger partial charge is 0.00892 e. The first-order valence-corrected chi connectivity index (χ1v) is 9.84. The molecule has 2 aliphatic rings. The third-order valence-electron chi connectivity index (χ3n) is 4.64. The predicted molar refractivity (Wildman–Crippen MR) is 83.0 cm³/mol. The van der Waals surface area contributed by atoms with Gasteiger partial charge in [0.2, 0.25) is 0 Å². The average Bonchev–Trinajstić information content (AvgIpc) is 2.79. The second-order valence-corrected chi connectivity index (χ2v) is 9.38. The summed E-state index contributed by atoms with van der Waals surface area (Å²) in [6.07, 6.45) is 12.7. The van der Waals surface area contributed by atoms with Gasteiger partial charge < -0.3 is 0 Å². The van der Waals surface area contributed by atoms with Crippen molar-refractivity contribution in [2.75, 3.05) is 0 Å². The number of allylic oxidation sites excluding steroid dienone is 2. The van der Waals surface area contributed by atoms with Crippen molar-refractivity contribution in [3.63, 3.8) is 0 Å². The van der Waals surface area contributed by atoms with Crippen molar-refractivity contribution in [2.45, 2.75) is 71.0 Å². The van der Waals surface area contributed by atoms with Gasteiger partial charge in [-0.2, -0.15) is 0 Å². The Bertz CT molecular complexity index is 279. The molecule has 0 bridgehead atoms. The summed E-state index contributed by atoms with van der Waals surface area (Å²) in [6.45, 7) is 7.22. The van der Waals surface area contributed by atoms with Crippen LogP contribution in [0.1, 0.15) is 65.7 Å². The lowest BCUT2D eigenvalue weighted by Crippen LogP contribution is -2.23. The van der Waals surface area contributed by atoms with E-state index in [4.69, 9.17) is 0 Å². The summed E-state index contributed by atoms with van der Waals surface area (Å²) in [4.78, 5) is 0. The molecule has 0 N–H and O–H groups in total. The van der Waals surface area contributed by atoms with Gasteiger partial charge >= 0.3 is 0 Å². The summed E-state index contributed by atoms with van der Waals surface area (Å²) in [6, 6.07) is 0.